The van der Waals surface area contributed by atoms with E-state index < -0.39 is 0 Å². The first-order chi connectivity index (χ1) is 15.0. The number of hydrogen-bond donors (Lipinski definition) is 2. The van der Waals surface area contributed by atoms with Gasteiger partial charge in [0.15, 0.2) is 0 Å². The average Bonchev–Trinajstić information content (AvgIpc) is 3.24. The molecule has 31 heavy (non-hydrogen) atoms. The van der Waals surface area contributed by atoms with E-state index in [9.17, 15) is 9.59 Å². The molecule has 2 saturated heterocycles. The first-order valence-corrected chi connectivity index (χ1v) is 11.6. The van der Waals surface area contributed by atoms with Gasteiger partial charge in [-0.3, -0.25) is 14.5 Å². The molecular formula is C24H35N5O2. The number of amides is 2. The molecule has 7 heteroatoms. The van der Waals surface area contributed by atoms with E-state index in [2.05, 4.69) is 27.1 Å². The number of fused-ring (bicyclic) bond motifs is 1. The number of H-pyrrole nitrogens is 1. The second kappa shape index (κ2) is 9.83. The van der Waals surface area contributed by atoms with E-state index in [4.69, 9.17) is 0 Å². The van der Waals surface area contributed by atoms with Crippen LogP contribution in [0.5, 0.6) is 0 Å². The summed E-state index contributed by atoms with van der Waals surface area (Å²) in [6.07, 6.45) is 1.75. The van der Waals surface area contributed by atoms with E-state index in [0.717, 1.165) is 56.5 Å². The summed E-state index contributed by atoms with van der Waals surface area (Å²) in [5.41, 5.74) is 1.64. The molecule has 2 aliphatic rings. The number of piperidine rings is 1. The smallest absolute Gasteiger partial charge is 0.270 e. The second-order valence-electron chi connectivity index (χ2n) is 9.12. The first kappa shape index (κ1) is 21.8. The van der Waals surface area contributed by atoms with Gasteiger partial charge >= 0.3 is 0 Å². The normalized spacial score (nSPS) is 20.1. The summed E-state index contributed by atoms with van der Waals surface area (Å²) < 4.78 is 0. The summed E-state index contributed by atoms with van der Waals surface area (Å²) in [7, 11) is 2.15. The van der Waals surface area contributed by atoms with Gasteiger partial charge in [-0.15, -0.1) is 0 Å². The molecule has 1 unspecified atom stereocenters. The van der Waals surface area contributed by atoms with Gasteiger partial charge in [0, 0.05) is 69.2 Å². The fourth-order valence-electron chi connectivity index (χ4n) is 4.75. The number of rotatable bonds is 6. The maximum Gasteiger partial charge on any atom is 0.270 e. The van der Waals surface area contributed by atoms with E-state index in [-0.39, 0.29) is 17.7 Å². The van der Waals surface area contributed by atoms with Gasteiger partial charge in [-0.1, -0.05) is 25.1 Å². The van der Waals surface area contributed by atoms with Crippen molar-refractivity contribution >= 4 is 22.7 Å². The van der Waals surface area contributed by atoms with Gasteiger partial charge in [0.1, 0.15) is 5.69 Å². The van der Waals surface area contributed by atoms with Crippen LogP contribution in [0.1, 0.15) is 30.3 Å². The molecule has 1 aromatic heterocycles. The van der Waals surface area contributed by atoms with Crippen LogP contribution in [0.2, 0.25) is 0 Å². The van der Waals surface area contributed by atoms with Gasteiger partial charge in [-0.2, -0.15) is 0 Å². The van der Waals surface area contributed by atoms with Crippen molar-refractivity contribution in [2.24, 2.45) is 11.8 Å². The molecular weight excluding hydrogens is 390 g/mol. The number of nitrogens with zero attached hydrogens (tertiary/aromatic N) is 3. The van der Waals surface area contributed by atoms with Crippen LogP contribution in [-0.4, -0.2) is 90.9 Å². The van der Waals surface area contributed by atoms with Crippen LogP contribution < -0.4 is 5.32 Å². The molecule has 0 aliphatic carbocycles. The lowest BCUT2D eigenvalue weighted by molar-refractivity contribution is -0.126. The number of aromatic amines is 1. The minimum atomic E-state index is -0.0159. The predicted octanol–water partition coefficient (Wildman–Crippen LogP) is 2.02. The van der Waals surface area contributed by atoms with E-state index in [1.165, 1.54) is 0 Å². The molecule has 2 fully saturated rings. The molecule has 3 heterocycles. The minimum Gasteiger partial charge on any atom is -0.355 e. The molecule has 7 nitrogen and oxygen atoms in total. The third-order valence-corrected chi connectivity index (χ3v) is 7.03. The lowest BCUT2D eigenvalue weighted by Crippen LogP contribution is -2.48. The van der Waals surface area contributed by atoms with Crippen molar-refractivity contribution in [2.45, 2.75) is 19.8 Å². The Morgan fingerprint density at radius 2 is 1.81 bits per heavy atom. The first-order valence-electron chi connectivity index (χ1n) is 11.6. The Labute approximate surface area is 184 Å². The largest absolute Gasteiger partial charge is 0.355 e. The summed E-state index contributed by atoms with van der Waals surface area (Å²) in [5, 5.41) is 4.19. The van der Waals surface area contributed by atoms with Crippen LogP contribution in [0.3, 0.4) is 0 Å². The van der Waals surface area contributed by atoms with Crippen molar-refractivity contribution in [3.05, 3.63) is 36.0 Å². The molecule has 0 spiro atoms. The number of hydrogen-bond acceptors (Lipinski definition) is 4. The number of benzene rings is 1. The van der Waals surface area contributed by atoms with Crippen molar-refractivity contribution in [3.63, 3.8) is 0 Å². The van der Waals surface area contributed by atoms with Gasteiger partial charge in [0.2, 0.25) is 5.91 Å². The fraction of sp³-hybridized carbons (Fsp3) is 0.583. The van der Waals surface area contributed by atoms with Crippen molar-refractivity contribution in [1.29, 1.82) is 0 Å². The van der Waals surface area contributed by atoms with Crippen molar-refractivity contribution in [2.75, 3.05) is 59.4 Å². The topological polar surface area (TPSA) is 71.7 Å². The lowest BCUT2D eigenvalue weighted by atomic mass is 9.84. The SMILES string of the molecule is CC(C(=O)NCCN1CCN(C)CC1)C1CCN(C(=O)c2cc3ccccc3[nH]2)CC1. The molecule has 2 aromatic rings. The summed E-state index contributed by atoms with van der Waals surface area (Å²) in [4.78, 5) is 35.5. The maximum atomic E-state index is 12.9. The summed E-state index contributed by atoms with van der Waals surface area (Å²) in [5.74, 6) is 0.515. The van der Waals surface area contributed by atoms with E-state index in [0.29, 0.717) is 31.2 Å². The van der Waals surface area contributed by atoms with Gasteiger partial charge < -0.3 is 20.1 Å². The Bertz CT molecular complexity index is 861. The van der Waals surface area contributed by atoms with E-state index in [1.54, 1.807) is 0 Å². The zero-order valence-corrected chi connectivity index (χ0v) is 18.8. The van der Waals surface area contributed by atoms with Crippen molar-refractivity contribution in [3.8, 4) is 0 Å². The lowest BCUT2D eigenvalue weighted by Gasteiger charge is -2.34. The molecule has 0 bridgehead atoms. The highest BCUT2D eigenvalue weighted by Gasteiger charge is 2.30. The highest BCUT2D eigenvalue weighted by Crippen LogP contribution is 2.26. The van der Waals surface area contributed by atoms with Crippen LogP contribution in [0, 0.1) is 11.8 Å². The Morgan fingerprint density at radius 1 is 1.10 bits per heavy atom. The third kappa shape index (κ3) is 5.28. The van der Waals surface area contributed by atoms with Gasteiger partial charge in [0.05, 0.1) is 0 Å². The Kier molecular flexibility index (Phi) is 6.92. The quantitative estimate of drug-likeness (QED) is 0.743. The van der Waals surface area contributed by atoms with Crippen LogP contribution in [0.15, 0.2) is 30.3 Å². The minimum absolute atomic E-state index is 0.0159. The Balaban J connectivity index is 1.21. The molecule has 2 amide bonds. The van der Waals surface area contributed by atoms with Crippen LogP contribution in [0.4, 0.5) is 0 Å². The van der Waals surface area contributed by atoms with E-state index in [1.807, 2.05) is 42.2 Å². The summed E-state index contributed by atoms with van der Waals surface area (Å²) in [6.45, 7) is 9.42. The van der Waals surface area contributed by atoms with Gasteiger partial charge in [-0.25, -0.2) is 0 Å². The van der Waals surface area contributed by atoms with Crippen LogP contribution >= 0.6 is 0 Å². The summed E-state index contributed by atoms with van der Waals surface area (Å²) >= 11 is 0. The Hall–Kier alpha value is -2.38. The summed E-state index contributed by atoms with van der Waals surface area (Å²) in [6, 6.07) is 9.88. The van der Waals surface area contributed by atoms with Crippen LogP contribution in [-0.2, 0) is 4.79 Å². The Morgan fingerprint density at radius 3 is 2.52 bits per heavy atom. The number of nitrogens with one attached hydrogen (secondary N) is 2. The monoisotopic (exact) mass is 425 g/mol. The zero-order chi connectivity index (χ0) is 21.8. The standard InChI is InChI=1S/C24H35N5O2/c1-18(23(30)25-9-12-28-15-13-27(2)14-16-28)19-7-10-29(11-8-19)24(31)22-17-20-5-3-4-6-21(20)26-22/h3-6,17-19,26H,7-16H2,1-2H3,(H,25,30). The molecule has 0 saturated carbocycles. The molecule has 2 N–H and O–H groups in total. The number of para-hydroxylation sites is 1. The number of piperazine rings is 1. The number of likely N-dealkylation sites (N-methyl/N-ethyl adjacent to an activating group) is 1. The van der Waals surface area contributed by atoms with Gasteiger partial charge in [-0.05, 0) is 37.9 Å². The molecule has 1 aromatic carbocycles. The predicted molar refractivity (Wildman–Crippen MR) is 123 cm³/mol. The number of likely N-dealkylation sites (tertiary alicyclic amines) is 1. The van der Waals surface area contributed by atoms with E-state index >= 15 is 0 Å². The molecule has 0 radical (unpaired) electrons. The van der Waals surface area contributed by atoms with Crippen LogP contribution in [0.25, 0.3) is 10.9 Å². The molecule has 2 aliphatic heterocycles. The molecule has 1 atom stereocenters. The maximum absolute atomic E-state index is 12.9. The fourth-order valence-corrected chi connectivity index (χ4v) is 4.75. The van der Waals surface area contributed by atoms with Crippen molar-refractivity contribution in [1.82, 2.24) is 25.0 Å². The number of carbonyl (C=O) groups excluding carboxylic acids is 2. The highest BCUT2D eigenvalue weighted by molar-refractivity contribution is 5.98. The molecule has 4 rings (SSSR count). The number of carbonyl (C=O) groups is 2. The average molecular weight is 426 g/mol. The van der Waals surface area contributed by atoms with Gasteiger partial charge in [0.25, 0.3) is 5.91 Å². The third-order valence-electron chi connectivity index (χ3n) is 7.03. The molecule has 168 valence electrons. The number of aromatic nitrogens is 1. The second-order valence-corrected chi connectivity index (χ2v) is 9.12. The van der Waals surface area contributed by atoms with Crippen molar-refractivity contribution < 1.29 is 9.59 Å². The zero-order valence-electron chi connectivity index (χ0n) is 18.8. The highest BCUT2D eigenvalue weighted by atomic mass is 16.2.